The second kappa shape index (κ2) is 9.93. The van der Waals surface area contributed by atoms with Crippen LogP contribution in [0.1, 0.15) is 29.2 Å². The van der Waals surface area contributed by atoms with Crippen LogP contribution in [0.2, 0.25) is 0 Å². The lowest BCUT2D eigenvalue weighted by Crippen LogP contribution is -2.38. The number of hydrogen-bond donors (Lipinski definition) is 1. The van der Waals surface area contributed by atoms with Crippen molar-refractivity contribution in [3.05, 3.63) is 99.3 Å². The average Bonchev–Trinajstić information content (AvgIpc) is 2.83. The summed E-state index contributed by atoms with van der Waals surface area (Å²) in [5, 5.41) is 2.91. The first kappa shape index (κ1) is 23.9. The van der Waals surface area contributed by atoms with Gasteiger partial charge in [0.25, 0.3) is 5.56 Å². The lowest BCUT2D eigenvalue weighted by Gasteiger charge is -2.22. The van der Waals surface area contributed by atoms with Crippen LogP contribution in [-0.4, -0.2) is 21.4 Å². The van der Waals surface area contributed by atoms with E-state index in [9.17, 15) is 14.4 Å². The molecule has 0 aliphatic carbocycles. The number of nitrogens with zero attached hydrogens (tertiary/aromatic N) is 3. The molecule has 0 fully saturated rings. The number of amides is 2. The third-order valence-electron chi connectivity index (χ3n) is 6.11. The Morgan fingerprint density at radius 1 is 0.943 bits per heavy atom. The molecule has 4 aromatic rings. The van der Waals surface area contributed by atoms with Crippen molar-refractivity contribution in [2.45, 2.75) is 40.8 Å². The average molecular weight is 469 g/mol. The van der Waals surface area contributed by atoms with Gasteiger partial charge < -0.3 is 5.32 Å². The van der Waals surface area contributed by atoms with E-state index in [-0.39, 0.29) is 30.7 Å². The molecule has 1 N–H and O–H groups in total. The predicted molar refractivity (Wildman–Crippen MR) is 139 cm³/mol. The molecule has 0 saturated heterocycles. The van der Waals surface area contributed by atoms with Crippen molar-refractivity contribution in [1.29, 1.82) is 0 Å². The van der Waals surface area contributed by atoms with E-state index in [4.69, 9.17) is 0 Å². The summed E-state index contributed by atoms with van der Waals surface area (Å²) >= 11 is 0. The minimum Gasteiger partial charge on any atom is -0.324 e. The van der Waals surface area contributed by atoms with Gasteiger partial charge in [0, 0.05) is 12.6 Å². The Morgan fingerprint density at radius 2 is 1.66 bits per heavy atom. The summed E-state index contributed by atoms with van der Waals surface area (Å²) < 4.78 is 1.38. The van der Waals surface area contributed by atoms with Crippen molar-refractivity contribution in [3.8, 4) is 0 Å². The molecule has 35 heavy (non-hydrogen) atoms. The minimum absolute atomic E-state index is 0.00342. The molecular weight excluding hydrogens is 440 g/mol. The van der Waals surface area contributed by atoms with Gasteiger partial charge >= 0.3 is 0 Å². The largest absolute Gasteiger partial charge is 0.324 e. The van der Waals surface area contributed by atoms with Gasteiger partial charge in [-0.1, -0.05) is 54.1 Å². The standard InChI is InChI=1S/C28H28N4O3/c1-18-12-14-22(15-13-18)16-31(21(4)33)27-28(35)32(25-11-6-5-9-24(25)30-27)17-26(34)29-23-10-7-8-19(2)20(23)3/h5-15H,16-17H2,1-4H3,(H,29,34). The minimum atomic E-state index is -0.498. The number of carbonyl (C=O) groups is 2. The molecule has 0 saturated carbocycles. The summed E-state index contributed by atoms with van der Waals surface area (Å²) in [6.45, 7) is 7.29. The number of anilines is 2. The lowest BCUT2D eigenvalue weighted by atomic mass is 10.1. The highest BCUT2D eigenvalue weighted by molar-refractivity contribution is 5.94. The van der Waals surface area contributed by atoms with Gasteiger partial charge in [0.2, 0.25) is 17.6 Å². The summed E-state index contributed by atoms with van der Waals surface area (Å²) in [6, 6.07) is 20.5. The molecule has 7 nitrogen and oxygen atoms in total. The molecule has 0 spiro atoms. The van der Waals surface area contributed by atoms with E-state index in [2.05, 4.69) is 10.3 Å². The molecule has 178 valence electrons. The van der Waals surface area contributed by atoms with Gasteiger partial charge in [-0.25, -0.2) is 4.98 Å². The Hall–Kier alpha value is -4.26. The number of aromatic nitrogens is 2. The van der Waals surface area contributed by atoms with Crippen LogP contribution in [-0.2, 0) is 22.7 Å². The normalized spacial score (nSPS) is 10.9. The smallest absolute Gasteiger partial charge is 0.294 e. The molecule has 2 amide bonds. The van der Waals surface area contributed by atoms with Crippen LogP contribution in [0.15, 0.2) is 71.5 Å². The number of aryl methyl sites for hydroxylation is 2. The fourth-order valence-electron chi connectivity index (χ4n) is 3.94. The third-order valence-corrected chi connectivity index (χ3v) is 6.11. The van der Waals surface area contributed by atoms with Gasteiger partial charge in [0.05, 0.1) is 17.6 Å². The maximum atomic E-state index is 13.6. The molecule has 0 radical (unpaired) electrons. The molecule has 1 heterocycles. The summed E-state index contributed by atoms with van der Waals surface area (Å²) in [5.41, 5.74) is 5.25. The second-order valence-electron chi connectivity index (χ2n) is 8.70. The molecule has 0 atom stereocenters. The number of para-hydroxylation sites is 2. The third kappa shape index (κ3) is 5.14. The zero-order valence-electron chi connectivity index (χ0n) is 20.3. The van der Waals surface area contributed by atoms with Gasteiger partial charge in [0.15, 0.2) is 0 Å². The van der Waals surface area contributed by atoms with Gasteiger partial charge in [0.1, 0.15) is 6.54 Å². The second-order valence-corrected chi connectivity index (χ2v) is 8.70. The molecule has 7 heteroatoms. The van der Waals surface area contributed by atoms with Gasteiger partial charge in [-0.2, -0.15) is 0 Å². The Balaban J connectivity index is 1.74. The lowest BCUT2D eigenvalue weighted by molar-refractivity contribution is -0.117. The highest BCUT2D eigenvalue weighted by Crippen LogP contribution is 2.20. The number of rotatable bonds is 6. The summed E-state index contributed by atoms with van der Waals surface area (Å²) in [7, 11) is 0. The van der Waals surface area contributed by atoms with Crippen molar-refractivity contribution < 1.29 is 9.59 Å². The quantitative estimate of drug-likeness (QED) is 0.451. The molecule has 4 rings (SSSR count). The first-order chi connectivity index (χ1) is 16.7. The van der Waals surface area contributed by atoms with Crippen molar-refractivity contribution in [1.82, 2.24) is 9.55 Å². The number of fused-ring (bicyclic) bond motifs is 1. The van der Waals surface area contributed by atoms with E-state index in [1.165, 1.54) is 16.4 Å². The maximum Gasteiger partial charge on any atom is 0.294 e. The van der Waals surface area contributed by atoms with Crippen molar-refractivity contribution in [3.63, 3.8) is 0 Å². The number of hydrogen-bond acceptors (Lipinski definition) is 4. The SMILES string of the molecule is CC(=O)N(Cc1ccc(C)cc1)c1nc2ccccc2n(CC(=O)Nc2cccc(C)c2C)c1=O. The van der Waals surface area contributed by atoms with Crippen LogP contribution < -0.4 is 15.8 Å². The van der Waals surface area contributed by atoms with E-state index in [1.54, 1.807) is 18.2 Å². The van der Waals surface area contributed by atoms with Gasteiger partial charge in [-0.05, 0) is 55.7 Å². The predicted octanol–water partition coefficient (Wildman–Crippen LogP) is 4.51. The van der Waals surface area contributed by atoms with Crippen molar-refractivity contribution in [2.24, 2.45) is 0 Å². The van der Waals surface area contributed by atoms with Crippen LogP contribution in [0.25, 0.3) is 11.0 Å². The number of benzene rings is 3. The monoisotopic (exact) mass is 468 g/mol. The molecule has 1 aromatic heterocycles. The molecule has 0 bridgehead atoms. The van der Waals surface area contributed by atoms with Crippen LogP contribution in [0.5, 0.6) is 0 Å². The van der Waals surface area contributed by atoms with E-state index >= 15 is 0 Å². The van der Waals surface area contributed by atoms with Gasteiger partial charge in [-0.3, -0.25) is 23.9 Å². The van der Waals surface area contributed by atoms with E-state index in [1.807, 2.05) is 69.3 Å². The molecular formula is C28H28N4O3. The maximum absolute atomic E-state index is 13.6. The summed E-state index contributed by atoms with van der Waals surface area (Å²) in [6.07, 6.45) is 0. The van der Waals surface area contributed by atoms with Crippen molar-refractivity contribution >= 4 is 34.4 Å². The Labute approximate surface area is 204 Å². The topological polar surface area (TPSA) is 84.3 Å². The Bertz CT molecular complexity index is 1470. The number of carbonyl (C=O) groups excluding carboxylic acids is 2. The summed E-state index contributed by atoms with van der Waals surface area (Å²) in [5.74, 6) is -0.649. The van der Waals surface area contributed by atoms with Crippen molar-refractivity contribution in [2.75, 3.05) is 10.2 Å². The van der Waals surface area contributed by atoms with Gasteiger partial charge in [-0.15, -0.1) is 0 Å². The van der Waals surface area contributed by atoms with E-state index < -0.39 is 5.56 Å². The molecule has 0 unspecified atom stereocenters. The summed E-state index contributed by atoms with van der Waals surface area (Å²) in [4.78, 5) is 45.1. The first-order valence-electron chi connectivity index (χ1n) is 11.4. The highest BCUT2D eigenvalue weighted by Gasteiger charge is 2.22. The molecule has 0 aliphatic heterocycles. The van der Waals surface area contributed by atoms with Crippen LogP contribution in [0.3, 0.4) is 0 Å². The Morgan fingerprint density at radius 3 is 2.37 bits per heavy atom. The van der Waals surface area contributed by atoms with Crippen LogP contribution in [0, 0.1) is 20.8 Å². The molecule has 0 aliphatic rings. The van der Waals surface area contributed by atoms with E-state index in [0.717, 1.165) is 22.3 Å². The number of nitrogens with one attached hydrogen (secondary N) is 1. The fraction of sp³-hybridized carbons (Fsp3) is 0.214. The zero-order valence-corrected chi connectivity index (χ0v) is 20.3. The fourth-order valence-corrected chi connectivity index (χ4v) is 3.94. The molecule has 3 aromatic carbocycles. The zero-order chi connectivity index (χ0) is 25.1. The van der Waals surface area contributed by atoms with Crippen LogP contribution in [0.4, 0.5) is 11.5 Å². The Kier molecular flexibility index (Phi) is 6.78. The van der Waals surface area contributed by atoms with E-state index in [0.29, 0.717) is 16.7 Å². The van der Waals surface area contributed by atoms with Crippen LogP contribution >= 0.6 is 0 Å². The first-order valence-corrected chi connectivity index (χ1v) is 11.4. The highest BCUT2D eigenvalue weighted by atomic mass is 16.2.